The second kappa shape index (κ2) is 6.68. The summed E-state index contributed by atoms with van der Waals surface area (Å²) in [6.45, 7) is 5.03. The Bertz CT molecular complexity index is 510. The van der Waals surface area contributed by atoms with Gasteiger partial charge < -0.3 is 14.5 Å². The fourth-order valence-corrected chi connectivity index (χ4v) is 3.10. The van der Waals surface area contributed by atoms with Gasteiger partial charge in [-0.1, -0.05) is 0 Å². The van der Waals surface area contributed by atoms with Gasteiger partial charge in [0.05, 0.1) is 24.9 Å². The Morgan fingerprint density at radius 2 is 2.27 bits per heavy atom. The highest BCUT2D eigenvalue weighted by Crippen LogP contribution is 2.23. The number of hydrogen-bond donors (Lipinski definition) is 0. The molecule has 22 heavy (non-hydrogen) atoms. The number of nitrogens with zero attached hydrogens (tertiary/aromatic N) is 5. The van der Waals surface area contributed by atoms with Gasteiger partial charge in [-0.05, 0) is 14.1 Å². The summed E-state index contributed by atoms with van der Waals surface area (Å²) in [6.07, 6.45) is 4.76. The molecule has 0 aromatic carbocycles. The lowest BCUT2D eigenvalue weighted by Crippen LogP contribution is -2.52. The molecule has 2 atom stereocenters. The van der Waals surface area contributed by atoms with Crippen LogP contribution in [0.4, 0.5) is 0 Å². The van der Waals surface area contributed by atoms with E-state index in [1.807, 2.05) is 4.90 Å². The molecular weight excluding hydrogens is 282 g/mol. The molecule has 1 aromatic heterocycles. The number of morpholine rings is 1. The molecule has 0 spiro atoms. The topological polar surface area (TPSA) is 61.8 Å². The van der Waals surface area contributed by atoms with Gasteiger partial charge in [-0.15, -0.1) is 0 Å². The van der Waals surface area contributed by atoms with E-state index in [0.29, 0.717) is 18.8 Å². The molecular formula is C15H23N5O2. The highest BCUT2D eigenvalue weighted by molar-refractivity contribution is 5.92. The Labute approximate surface area is 130 Å². The molecule has 2 saturated heterocycles. The Hall–Kier alpha value is -1.57. The maximum Gasteiger partial charge on any atom is 0.274 e. The van der Waals surface area contributed by atoms with Gasteiger partial charge in [0.2, 0.25) is 0 Å². The van der Waals surface area contributed by atoms with Crippen molar-refractivity contribution in [3.63, 3.8) is 0 Å². The van der Waals surface area contributed by atoms with E-state index in [9.17, 15) is 4.79 Å². The number of hydrogen-bond acceptors (Lipinski definition) is 6. The molecule has 0 saturated carbocycles. The largest absolute Gasteiger partial charge is 0.373 e. The van der Waals surface area contributed by atoms with Crippen molar-refractivity contribution in [3.05, 3.63) is 24.3 Å². The van der Waals surface area contributed by atoms with E-state index in [-0.39, 0.29) is 18.1 Å². The Morgan fingerprint density at radius 3 is 3.00 bits per heavy atom. The first-order valence-corrected chi connectivity index (χ1v) is 7.71. The van der Waals surface area contributed by atoms with Crippen LogP contribution in [0.15, 0.2) is 18.6 Å². The molecule has 0 N–H and O–H groups in total. The zero-order chi connectivity index (χ0) is 15.5. The molecule has 3 rings (SSSR count). The molecule has 2 fully saturated rings. The summed E-state index contributed by atoms with van der Waals surface area (Å²) in [5.74, 6) is -0.0568. The second-order valence-electron chi connectivity index (χ2n) is 6.12. The number of aromatic nitrogens is 2. The summed E-state index contributed by atoms with van der Waals surface area (Å²) >= 11 is 0. The van der Waals surface area contributed by atoms with Crippen LogP contribution in [0.1, 0.15) is 10.5 Å². The SMILES string of the molecule is CN(C)CCN1CCO[C@H]2CN(C(=O)c3cnccn3)C[C@@H]21. The van der Waals surface area contributed by atoms with Gasteiger partial charge in [0.25, 0.3) is 5.91 Å². The molecule has 1 aromatic rings. The normalized spacial score (nSPS) is 25.5. The van der Waals surface area contributed by atoms with Crippen molar-refractivity contribution in [2.45, 2.75) is 12.1 Å². The molecule has 2 aliphatic heterocycles. The van der Waals surface area contributed by atoms with Crippen molar-refractivity contribution < 1.29 is 9.53 Å². The van der Waals surface area contributed by atoms with Crippen LogP contribution in [0.3, 0.4) is 0 Å². The molecule has 0 bridgehead atoms. The van der Waals surface area contributed by atoms with E-state index < -0.39 is 0 Å². The van der Waals surface area contributed by atoms with Crippen molar-refractivity contribution in [1.29, 1.82) is 0 Å². The van der Waals surface area contributed by atoms with Crippen LogP contribution in [-0.2, 0) is 4.74 Å². The van der Waals surface area contributed by atoms with Crippen LogP contribution in [0.2, 0.25) is 0 Å². The first kappa shape index (κ1) is 15.3. The number of likely N-dealkylation sites (N-methyl/N-ethyl adjacent to an activating group) is 1. The van der Waals surface area contributed by atoms with Gasteiger partial charge in [0, 0.05) is 45.1 Å². The van der Waals surface area contributed by atoms with Crippen molar-refractivity contribution in [3.8, 4) is 0 Å². The van der Waals surface area contributed by atoms with Gasteiger partial charge in [-0.2, -0.15) is 0 Å². The summed E-state index contributed by atoms with van der Waals surface area (Å²) in [5, 5.41) is 0. The predicted molar refractivity (Wildman–Crippen MR) is 81.6 cm³/mol. The second-order valence-corrected chi connectivity index (χ2v) is 6.12. The minimum Gasteiger partial charge on any atom is -0.373 e. The highest BCUT2D eigenvalue weighted by Gasteiger charge is 2.41. The van der Waals surface area contributed by atoms with E-state index in [2.05, 4.69) is 33.9 Å². The Morgan fingerprint density at radius 1 is 1.41 bits per heavy atom. The van der Waals surface area contributed by atoms with Gasteiger partial charge in [-0.25, -0.2) is 4.98 Å². The average Bonchev–Trinajstić information content (AvgIpc) is 2.97. The summed E-state index contributed by atoms with van der Waals surface area (Å²) in [5.41, 5.74) is 0.404. The average molecular weight is 305 g/mol. The van der Waals surface area contributed by atoms with Crippen LogP contribution < -0.4 is 0 Å². The zero-order valence-corrected chi connectivity index (χ0v) is 13.2. The predicted octanol–water partition coefficient (Wildman–Crippen LogP) is -0.437. The monoisotopic (exact) mass is 305 g/mol. The van der Waals surface area contributed by atoms with Crippen molar-refractivity contribution in [2.24, 2.45) is 0 Å². The first-order valence-electron chi connectivity index (χ1n) is 7.71. The highest BCUT2D eigenvalue weighted by atomic mass is 16.5. The van der Waals surface area contributed by atoms with Crippen molar-refractivity contribution in [1.82, 2.24) is 24.7 Å². The van der Waals surface area contributed by atoms with Crippen LogP contribution in [0, 0.1) is 0 Å². The number of carbonyl (C=O) groups excluding carboxylic acids is 1. The van der Waals surface area contributed by atoms with E-state index in [0.717, 1.165) is 26.2 Å². The number of carbonyl (C=O) groups is 1. The molecule has 7 nitrogen and oxygen atoms in total. The minimum atomic E-state index is -0.0568. The van der Waals surface area contributed by atoms with Crippen LogP contribution >= 0.6 is 0 Å². The lowest BCUT2D eigenvalue weighted by atomic mass is 10.1. The fraction of sp³-hybridized carbons (Fsp3) is 0.667. The van der Waals surface area contributed by atoms with Crippen LogP contribution in [0.5, 0.6) is 0 Å². The number of rotatable bonds is 4. The quantitative estimate of drug-likeness (QED) is 0.752. The molecule has 3 heterocycles. The molecule has 2 aliphatic rings. The summed E-state index contributed by atoms with van der Waals surface area (Å²) < 4.78 is 5.87. The minimum absolute atomic E-state index is 0.0568. The Kier molecular flexibility index (Phi) is 4.66. The molecule has 1 amide bonds. The molecule has 7 heteroatoms. The third-order valence-electron chi connectivity index (χ3n) is 4.32. The number of ether oxygens (including phenoxy) is 1. The van der Waals surface area contributed by atoms with E-state index in [1.54, 1.807) is 12.4 Å². The Balaban J connectivity index is 1.65. The van der Waals surface area contributed by atoms with Crippen molar-refractivity contribution >= 4 is 5.91 Å². The van der Waals surface area contributed by atoms with Gasteiger partial charge in [0.15, 0.2) is 0 Å². The lowest BCUT2D eigenvalue weighted by molar-refractivity contribution is -0.0482. The number of amides is 1. The van der Waals surface area contributed by atoms with E-state index >= 15 is 0 Å². The van der Waals surface area contributed by atoms with E-state index in [1.165, 1.54) is 6.20 Å². The first-order chi connectivity index (χ1) is 10.6. The number of likely N-dealkylation sites (tertiary alicyclic amines) is 1. The molecule has 0 aliphatic carbocycles. The van der Waals surface area contributed by atoms with Gasteiger partial charge >= 0.3 is 0 Å². The van der Waals surface area contributed by atoms with Gasteiger partial charge in [-0.3, -0.25) is 14.7 Å². The summed E-state index contributed by atoms with van der Waals surface area (Å²) in [4.78, 5) is 27.0. The fourth-order valence-electron chi connectivity index (χ4n) is 3.10. The van der Waals surface area contributed by atoms with Crippen LogP contribution in [-0.4, -0.2) is 96.1 Å². The smallest absolute Gasteiger partial charge is 0.274 e. The maximum absolute atomic E-state index is 12.5. The third kappa shape index (κ3) is 3.26. The van der Waals surface area contributed by atoms with Crippen molar-refractivity contribution in [2.75, 3.05) is 53.4 Å². The maximum atomic E-state index is 12.5. The van der Waals surface area contributed by atoms with E-state index in [4.69, 9.17) is 4.74 Å². The number of fused-ring (bicyclic) bond motifs is 1. The molecule has 0 radical (unpaired) electrons. The summed E-state index contributed by atoms with van der Waals surface area (Å²) in [6, 6.07) is 0.286. The molecule has 120 valence electrons. The third-order valence-corrected chi connectivity index (χ3v) is 4.32. The standard InChI is InChI=1S/C15H23N5O2/c1-18(2)5-6-19-7-8-22-14-11-20(10-13(14)19)15(21)12-9-16-3-4-17-12/h3-4,9,13-14H,5-8,10-11H2,1-2H3/t13-,14-/m0/s1. The van der Waals surface area contributed by atoms with Gasteiger partial charge in [0.1, 0.15) is 5.69 Å². The van der Waals surface area contributed by atoms with Crippen LogP contribution in [0.25, 0.3) is 0 Å². The zero-order valence-electron chi connectivity index (χ0n) is 13.2. The summed E-state index contributed by atoms with van der Waals surface area (Å²) in [7, 11) is 4.16. The molecule has 0 unspecified atom stereocenters. The lowest BCUT2D eigenvalue weighted by Gasteiger charge is -2.37.